The van der Waals surface area contributed by atoms with Gasteiger partial charge in [0.25, 0.3) is 0 Å². The van der Waals surface area contributed by atoms with Crippen molar-refractivity contribution in [1.29, 1.82) is 0 Å². The summed E-state index contributed by atoms with van der Waals surface area (Å²) < 4.78 is 33.8. The molecular weight excluding hydrogens is 343 g/mol. The van der Waals surface area contributed by atoms with Crippen LogP contribution in [0.1, 0.15) is 63.5 Å². The van der Waals surface area contributed by atoms with Crippen LogP contribution < -0.4 is 29.6 Å². The summed E-state index contributed by atoms with van der Waals surface area (Å²) in [6.45, 7) is 4.39. The van der Waals surface area contributed by atoms with Crippen LogP contribution in [0.2, 0.25) is 0 Å². The SMILES string of the molecule is CCCCCc1cc2ccc(S(=O)(=O)[O-])cc2cc1CCCCC.[Na+]. The molecule has 0 aliphatic heterocycles. The fourth-order valence-electron chi connectivity index (χ4n) is 3.12. The molecule has 0 unspecified atom stereocenters. The summed E-state index contributed by atoms with van der Waals surface area (Å²) >= 11 is 0. The van der Waals surface area contributed by atoms with E-state index in [1.807, 2.05) is 0 Å². The van der Waals surface area contributed by atoms with Gasteiger partial charge in [-0.15, -0.1) is 0 Å². The molecule has 2 aromatic carbocycles. The maximum Gasteiger partial charge on any atom is 1.00 e. The number of fused-ring (bicyclic) bond motifs is 1. The van der Waals surface area contributed by atoms with Crippen LogP contribution in [0.3, 0.4) is 0 Å². The fourth-order valence-corrected chi connectivity index (χ4v) is 3.63. The van der Waals surface area contributed by atoms with E-state index in [9.17, 15) is 13.0 Å². The Balaban J connectivity index is 0.00000312. The smallest absolute Gasteiger partial charge is 0.744 e. The van der Waals surface area contributed by atoms with Crippen molar-refractivity contribution in [2.24, 2.45) is 0 Å². The van der Waals surface area contributed by atoms with Crippen LogP contribution in [0.15, 0.2) is 35.2 Å². The number of rotatable bonds is 9. The second kappa shape index (κ2) is 10.7. The Morgan fingerprint density at radius 3 is 1.80 bits per heavy atom. The first-order valence-corrected chi connectivity index (χ1v) is 10.4. The summed E-state index contributed by atoms with van der Waals surface area (Å²) in [5.41, 5.74) is 2.66. The van der Waals surface area contributed by atoms with E-state index in [1.54, 1.807) is 6.07 Å². The average Bonchev–Trinajstić information content (AvgIpc) is 2.54. The Labute approximate surface area is 174 Å². The quantitative estimate of drug-likeness (QED) is 0.386. The molecule has 0 atom stereocenters. The van der Waals surface area contributed by atoms with Gasteiger partial charge in [-0.05, 0) is 59.7 Å². The van der Waals surface area contributed by atoms with Gasteiger partial charge >= 0.3 is 29.6 Å². The first kappa shape index (κ1) is 22.7. The predicted octanol–water partition coefficient (Wildman–Crippen LogP) is 2.21. The molecule has 0 saturated heterocycles. The van der Waals surface area contributed by atoms with Crippen LogP contribution in [0.4, 0.5) is 0 Å². The molecule has 0 amide bonds. The fraction of sp³-hybridized carbons (Fsp3) is 0.500. The summed E-state index contributed by atoms with van der Waals surface area (Å²) in [5.74, 6) is 0. The molecule has 25 heavy (non-hydrogen) atoms. The molecule has 0 radical (unpaired) electrons. The van der Waals surface area contributed by atoms with E-state index in [4.69, 9.17) is 0 Å². The van der Waals surface area contributed by atoms with Gasteiger partial charge in [0.1, 0.15) is 10.1 Å². The molecule has 2 aromatic rings. The van der Waals surface area contributed by atoms with Gasteiger partial charge in [0.05, 0.1) is 4.90 Å². The van der Waals surface area contributed by atoms with E-state index in [0.717, 1.165) is 30.0 Å². The molecule has 5 heteroatoms. The van der Waals surface area contributed by atoms with Crippen LogP contribution in [-0.4, -0.2) is 13.0 Å². The van der Waals surface area contributed by atoms with Crippen molar-refractivity contribution >= 4 is 20.9 Å². The average molecular weight is 370 g/mol. The zero-order chi connectivity index (χ0) is 17.6. The molecule has 0 aromatic heterocycles. The van der Waals surface area contributed by atoms with Crippen molar-refractivity contribution in [3.63, 3.8) is 0 Å². The summed E-state index contributed by atoms with van der Waals surface area (Å²) in [6, 6.07) is 8.93. The first-order valence-electron chi connectivity index (χ1n) is 8.97. The van der Waals surface area contributed by atoms with Crippen molar-refractivity contribution in [2.45, 2.75) is 70.1 Å². The van der Waals surface area contributed by atoms with Gasteiger partial charge < -0.3 is 4.55 Å². The van der Waals surface area contributed by atoms with Crippen molar-refractivity contribution < 1.29 is 42.5 Å². The second-order valence-electron chi connectivity index (χ2n) is 6.50. The van der Waals surface area contributed by atoms with E-state index >= 15 is 0 Å². The van der Waals surface area contributed by atoms with Crippen LogP contribution in [-0.2, 0) is 23.0 Å². The first-order chi connectivity index (χ1) is 11.5. The third-order valence-electron chi connectivity index (χ3n) is 4.52. The van der Waals surface area contributed by atoms with Gasteiger partial charge in [-0.3, -0.25) is 0 Å². The van der Waals surface area contributed by atoms with Crippen molar-refractivity contribution in [3.8, 4) is 0 Å². The van der Waals surface area contributed by atoms with Crippen molar-refractivity contribution in [3.05, 3.63) is 41.5 Å². The van der Waals surface area contributed by atoms with E-state index in [-0.39, 0.29) is 34.5 Å². The molecule has 0 aliphatic rings. The van der Waals surface area contributed by atoms with Gasteiger partial charge in [-0.1, -0.05) is 57.7 Å². The van der Waals surface area contributed by atoms with Crippen LogP contribution in [0, 0.1) is 0 Å². The molecule has 0 bridgehead atoms. The van der Waals surface area contributed by atoms with Gasteiger partial charge in [-0.2, -0.15) is 0 Å². The zero-order valence-corrected chi connectivity index (χ0v) is 18.5. The summed E-state index contributed by atoms with van der Waals surface area (Å²) in [5, 5.41) is 1.85. The third kappa shape index (κ3) is 6.69. The Hall–Kier alpha value is -0.390. The number of benzene rings is 2. The number of unbranched alkanes of at least 4 members (excludes halogenated alkanes) is 4. The van der Waals surface area contributed by atoms with Crippen LogP contribution in [0.5, 0.6) is 0 Å². The zero-order valence-electron chi connectivity index (χ0n) is 15.7. The van der Waals surface area contributed by atoms with Crippen molar-refractivity contribution in [1.82, 2.24) is 0 Å². The maximum atomic E-state index is 11.3. The van der Waals surface area contributed by atoms with Gasteiger partial charge in [0.15, 0.2) is 0 Å². The monoisotopic (exact) mass is 370 g/mol. The maximum absolute atomic E-state index is 11.3. The molecular formula is C20H27NaO3S. The molecule has 0 aliphatic carbocycles. The van der Waals surface area contributed by atoms with Crippen LogP contribution >= 0.6 is 0 Å². The molecule has 0 spiro atoms. The van der Waals surface area contributed by atoms with E-state index in [1.165, 1.54) is 55.4 Å². The Morgan fingerprint density at radius 2 is 1.32 bits per heavy atom. The summed E-state index contributed by atoms with van der Waals surface area (Å²) in [7, 11) is -4.41. The second-order valence-corrected chi connectivity index (χ2v) is 7.88. The molecule has 3 nitrogen and oxygen atoms in total. The summed E-state index contributed by atoms with van der Waals surface area (Å²) in [4.78, 5) is -0.145. The van der Waals surface area contributed by atoms with Gasteiger partial charge in [-0.25, -0.2) is 8.42 Å². The molecule has 132 valence electrons. The van der Waals surface area contributed by atoms with Crippen LogP contribution in [0.25, 0.3) is 10.8 Å². The summed E-state index contributed by atoms with van der Waals surface area (Å²) in [6.07, 6.45) is 9.19. The third-order valence-corrected chi connectivity index (χ3v) is 5.35. The number of hydrogen-bond donors (Lipinski definition) is 0. The minimum atomic E-state index is -4.41. The topological polar surface area (TPSA) is 57.2 Å². The molecule has 2 rings (SSSR count). The molecule has 0 N–H and O–H groups in total. The number of hydrogen-bond acceptors (Lipinski definition) is 3. The molecule has 0 fully saturated rings. The Kier molecular flexibility index (Phi) is 9.68. The predicted molar refractivity (Wildman–Crippen MR) is 98.4 cm³/mol. The molecule has 0 heterocycles. The minimum Gasteiger partial charge on any atom is -0.744 e. The van der Waals surface area contributed by atoms with Crippen molar-refractivity contribution in [2.75, 3.05) is 0 Å². The van der Waals surface area contributed by atoms with E-state index in [2.05, 4.69) is 26.0 Å². The van der Waals surface area contributed by atoms with E-state index < -0.39 is 10.1 Å². The molecule has 0 saturated carbocycles. The Morgan fingerprint density at radius 1 is 0.800 bits per heavy atom. The largest absolute Gasteiger partial charge is 1.00 e. The van der Waals surface area contributed by atoms with Gasteiger partial charge in [0, 0.05) is 0 Å². The standard InChI is InChI=1S/C20H28O3S.Na/c1-3-5-7-9-16-13-18-11-12-20(24(21,22)23)15-19(18)14-17(16)10-8-6-4-2;/h11-15H,3-10H2,1-2H3,(H,21,22,23);/q;+1/p-1. The minimum absolute atomic E-state index is 0. The Bertz CT molecular complexity index is 785. The number of aryl methyl sites for hydroxylation is 2. The van der Waals surface area contributed by atoms with Gasteiger partial charge in [0.2, 0.25) is 0 Å². The van der Waals surface area contributed by atoms with E-state index in [0.29, 0.717) is 0 Å². The normalized spacial score (nSPS) is 11.5.